The zero-order valence-electron chi connectivity index (χ0n) is 32.6. The summed E-state index contributed by atoms with van der Waals surface area (Å²) in [7, 11) is -0.161. The van der Waals surface area contributed by atoms with Crippen LogP contribution in [0.3, 0.4) is 0 Å². The number of methoxy groups -OCH3 is 2. The van der Waals surface area contributed by atoms with Crippen molar-refractivity contribution in [2.24, 2.45) is 5.92 Å². The number of aromatic nitrogens is 2. The summed E-state index contributed by atoms with van der Waals surface area (Å²) < 4.78 is 49.1. The summed E-state index contributed by atoms with van der Waals surface area (Å²) in [5.41, 5.74) is 0.760. The Morgan fingerprint density at radius 3 is 1.91 bits per heavy atom. The molecule has 0 radical (unpaired) electrons. The van der Waals surface area contributed by atoms with Crippen LogP contribution in [0, 0.1) is 5.92 Å². The number of nitrogens with one attached hydrogen (secondary N) is 1. The van der Waals surface area contributed by atoms with Gasteiger partial charge in [0.1, 0.15) is 35.2 Å². The molecule has 5 rings (SSSR count). The number of hydrogen-bond acceptors (Lipinski definition) is 9. The van der Waals surface area contributed by atoms with E-state index in [0.717, 1.165) is 16.7 Å². The van der Waals surface area contributed by atoms with Crippen LogP contribution in [0.4, 0.5) is 5.82 Å². The van der Waals surface area contributed by atoms with Crippen molar-refractivity contribution < 1.29 is 32.8 Å². The molecular formula is C41H53N4O8P. The summed E-state index contributed by atoms with van der Waals surface area (Å²) in [5, 5.41) is 2.67. The van der Waals surface area contributed by atoms with Gasteiger partial charge in [0.05, 0.1) is 26.9 Å². The summed E-state index contributed by atoms with van der Waals surface area (Å²) in [6, 6.07) is 26.7. The number of anilines is 1. The van der Waals surface area contributed by atoms with Crippen molar-refractivity contribution in [3.63, 3.8) is 0 Å². The topological polar surface area (TPSA) is 130 Å². The second-order valence-electron chi connectivity index (χ2n) is 14.3. The van der Waals surface area contributed by atoms with E-state index < -0.39 is 37.2 Å². The lowest BCUT2D eigenvalue weighted by Gasteiger charge is -2.39. The van der Waals surface area contributed by atoms with Crippen molar-refractivity contribution in [2.75, 3.05) is 32.8 Å². The predicted molar refractivity (Wildman–Crippen MR) is 209 cm³/mol. The standard InChI is InChI=1S/C41H53N4O8P/c1-27(2)39(46)42-37-23-24-44(40(47)43-37)38-25-35(53-54(9,48)45(28(3)4)29(5)6)36(52-38)26-51-41(30-13-11-10-12-14-30,31-15-19-33(49-7)20-16-31)32-17-21-34(50-8)22-18-32/h10-24,27-29,35-36,38H,25-26H2,1-9H3,(H,42,43,46,47)/t35-,36+,38+,54?/m0/s1. The van der Waals surface area contributed by atoms with Crippen LogP contribution in [0.1, 0.15) is 70.9 Å². The summed E-state index contributed by atoms with van der Waals surface area (Å²) in [6.07, 6.45) is -0.592. The van der Waals surface area contributed by atoms with Crippen LogP contribution in [-0.2, 0) is 29.0 Å². The molecule has 4 aromatic rings. The van der Waals surface area contributed by atoms with Gasteiger partial charge in [0.2, 0.25) is 5.91 Å². The SMILES string of the molecule is COc1ccc(C(OC[C@H]2O[C@@H](n3ccc(NC(=O)C(C)C)nc3=O)C[C@@H]2OP(C)(=O)N(C(C)C)C(C)C)(c2ccccc2)c2ccc(OC)cc2)cc1. The molecule has 54 heavy (non-hydrogen) atoms. The first-order chi connectivity index (χ1) is 25.7. The third-order valence-electron chi connectivity index (χ3n) is 9.54. The fraction of sp³-hybridized carbons (Fsp3) is 0.439. The van der Waals surface area contributed by atoms with E-state index >= 15 is 0 Å². The minimum absolute atomic E-state index is 0.0117. The maximum Gasteiger partial charge on any atom is 0.351 e. The Hall–Kier alpha value is -4.32. The van der Waals surface area contributed by atoms with Crippen LogP contribution in [0.15, 0.2) is 95.9 Å². The molecule has 1 N–H and O–H groups in total. The number of rotatable bonds is 16. The largest absolute Gasteiger partial charge is 0.497 e. The van der Waals surface area contributed by atoms with Gasteiger partial charge in [-0.2, -0.15) is 4.98 Å². The highest BCUT2D eigenvalue weighted by molar-refractivity contribution is 7.55. The van der Waals surface area contributed by atoms with Crippen molar-refractivity contribution in [1.29, 1.82) is 0 Å². The Morgan fingerprint density at radius 1 is 0.889 bits per heavy atom. The lowest BCUT2D eigenvalue weighted by molar-refractivity contribution is -0.118. The lowest BCUT2D eigenvalue weighted by atomic mass is 9.80. The van der Waals surface area contributed by atoms with Crippen LogP contribution in [0.5, 0.6) is 11.5 Å². The quantitative estimate of drug-likeness (QED) is 0.0907. The third-order valence-corrected chi connectivity index (χ3v) is 12.0. The van der Waals surface area contributed by atoms with Crippen LogP contribution < -0.4 is 20.5 Å². The van der Waals surface area contributed by atoms with E-state index in [1.54, 1.807) is 47.0 Å². The Labute approximate surface area is 318 Å². The average Bonchev–Trinajstić information content (AvgIpc) is 3.53. The van der Waals surface area contributed by atoms with Gasteiger partial charge < -0.3 is 28.8 Å². The number of carbonyl (C=O) groups excluding carboxylic acids is 1. The Kier molecular flexibility index (Phi) is 13.2. The maximum atomic E-state index is 14.5. The first-order valence-corrected chi connectivity index (χ1v) is 20.3. The van der Waals surface area contributed by atoms with E-state index in [-0.39, 0.29) is 42.8 Å². The van der Waals surface area contributed by atoms with Gasteiger partial charge in [-0.15, -0.1) is 0 Å². The third kappa shape index (κ3) is 8.96. The number of carbonyl (C=O) groups is 1. The second kappa shape index (κ2) is 17.4. The fourth-order valence-corrected chi connectivity index (χ4v) is 9.64. The zero-order valence-corrected chi connectivity index (χ0v) is 33.5. The van der Waals surface area contributed by atoms with Gasteiger partial charge in [-0.3, -0.25) is 13.9 Å². The van der Waals surface area contributed by atoms with Gasteiger partial charge in [-0.05, 0) is 74.7 Å². The lowest BCUT2D eigenvalue weighted by Crippen LogP contribution is -2.40. The smallest absolute Gasteiger partial charge is 0.351 e. The summed E-state index contributed by atoms with van der Waals surface area (Å²) in [6.45, 7) is 13.1. The summed E-state index contributed by atoms with van der Waals surface area (Å²) in [4.78, 5) is 29.8. The monoisotopic (exact) mass is 760 g/mol. The van der Waals surface area contributed by atoms with Crippen LogP contribution in [0.25, 0.3) is 0 Å². The highest BCUT2D eigenvalue weighted by Gasteiger charge is 2.46. The molecule has 1 saturated heterocycles. The van der Waals surface area contributed by atoms with Crippen molar-refractivity contribution >= 4 is 19.2 Å². The van der Waals surface area contributed by atoms with E-state index in [1.807, 2.05) is 111 Å². The molecule has 0 spiro atoms. The van der Waals surface area contributed by atoms with E-state index in [9.17, 15) is 14.2 Å². The molecule has 1 aliphatic rings. The second-order valence-corrected chi connectivity index (χ2v) is 16.6. The number of benzene rings is 3. The molecule has 4 atom stereocenters. The molecule has 0 saturated carbocycles. The van der Waals surface area contributed by atoms with Gasteiger partial charge >= 0.3 is 5.69 Å². The van der Waals surface area contributed by atoms with Crippen LogP contribution >= 0.6 is 7.52 Å². The molecule has 0 aliphatic carbocycles. The van der Waals surface area contributed by atoms with Crippen molar-refractivity contribution in [2.45, 2.75) is 84.1 Å². The Bertz CT molecular complexity index is 1900. The number of hydrogen-bond donors (Lipinski definition) is 1. The highest BCUT2D eigenvalue weighted by Crippen LogP contribution is 2.53. The summed E-state index contributed by atoms with van der Waals surface area (Å²) >= 11 is 0. The fourth-order valence-electron chi connectivity index (χ4n) is 7.13. The molecule has 12 nitrogen and oxygen atoms in total. The molecular weight excluding hydrogens is 707 g/mol. The molecule has 290 valence electrons. The molecule has 1 aromatic heterocycles. The van der Waals surface area contributed by atoms with Gasteiger partial charge in [0.15, 0.2) is 0 Å². The first kappa shape index (κ1) is 40.9. The van der Waals surface area contributed by atoms with E-state index in [2.05, 4.69) is 10.3 Å². The highest BCUT2D eigenvalue weighted by atomic mass is 31.2. The molecule has 1 aliphatic heterocycles. The van der Waals surface area contributed by atoms with Crippen LogP contribution in [-0.4, -0.2) is 71.9 Å². The Balaban J connectivity index is 1.58. The number of amides is 1. The van der Waals surface area contributed by atoms with Gasteiger partial charge in [-0.1, -0.05) is 68.4 Å². The van der Waals surface area contributed by atoms with E-state index in [4.69, 9.17) is 23.5 Å². The van der Waals surface area contributed by atoms with E-state index in [0.29, 0.717) is 11.5 Å². The molecule has 3 aromatic carbocycles. The zero-order chi connectivity index (χ0) is 39.2. The first-order valence-electron chi connectivity index (χ1n) is 18.3. The van der Waals surface area contributed by atoms with E-state index in [1.165, 1.54) is 4.57 Å². The number of ether oxygens (including phenoxy) is 4. The van der Waals surface area contributed by atoms with Gasteiger partial charge in [-0.25, -0.2) is 9.46 Å². The molecule has 1 amide bonds. The molecule has 0 bridgehead atoms. The maximum absolute atomic E-state index is 14.5. The summed E-state index contributed by atoms with van der Waals surface area (Å²) in [5.74, 6) is 0.994. The van der Waals surface area contributed by atoms with Crippen molar-refractivity contribution in [1.82, 2.24) is 14.2 Å². The minimum atomic E-state index is -3.40. The van der Waals surface area contributed by atoms with Gasteiger partial charge in [0.25, 0.3) is 7.52 Å². The van der Waals surface area contributed by atoms with Crippen molar-refractivity contribution in [3.05, 3.63) is 118 Å². The Morgan fingerprint density at radius 2 is 1.43 bits per heavy atom. The normalized spacial score (nSPS) is 18.6. The predicted octanol–water partition coefficient (Wildman–Crippen LogP) is 7.48. The van der Waals surface area contributed by atoms with Crippen molar-refractivity contribution in [3.8, 4) is 11.5 Å². The molecule has 1 fully saturated rings. The van der Waals surface area contributed by atoms with Crippen LogP contribution in [0.2, 0.25) is 0 Å². The molecule has 2 heterocycles. The molecule has 13 heteroatoms. The molecule has 1 unspecified atom stereocenters. The average molecular weight is 761 g/mol. The number of nitrogens with zero attached hydrogens (tertiary/aromatic N) is 3. The van der Waals surface area contributed by atoms with Gasteiger partial charge in [0, 0.05) is 37.3 Å². The minimum Gasteiger partial charge on any atom is -0.497 e.